The summed E-state index contributed by atoms with van der Waals surface area (Å²) in [6.45, 7) is 4.32. The molecule has 1 N–H and O–H groups in total. The van der Waals surface area contributed by atoms with Gasteiger partial charge in [-0.3, -0.25) is 9.59 Å². The van der Waals surface area contributed by atoms with Crippen LogP contribution in [0.25, 0.3) is 0 Å². The van der Waals surface area contributed by atoms with Crippen LogP contribution in [0.2, 0.25) is 0 Å². The van der Waals surface area contributed by atoms with Crippen LogP contribution < -0.4 is 5.32 Å². The zero-order chi connectivity index (χ0) is 16.3. The van der Waals surface area contributed by atoms with Crippen molar-refractivity contribution in [1.29, 1.82) is 0 Å². The van der Waals surface area contributed by atoms with Crippen molar-refractivity contribution in [3.63, 3.8) is 0 Å². The number of likely N-dealkylation sites (tertiary alicyclic amines) is 1. The van der Waals surface area contributed by atoms with Crippen LogP contribution in [-0.4, -0.2) is 48.8 Å². The van der Waals surface area contributed by atoms with Gasteiger partial charge in [-0.15, -0.1) is 0 Å². The molecule has 0 bridgehead atoms. The van der Waals surface area contributed by atoms with E-state index in [-0.39, 0.29) is 18.2 Å². The van der Waals surface area contributed by atoms with Gasteiger partial charge in [-0.2, -0.15) is 0 Å². The van der Waals surface area contributed by atoms with Gasteiger partial charge < -0.3 is 19.7 Å². The Kier molecular flexibility index (Phi) is 4.63. The molecule has 124 valence electrons. The maximum absolute atomic E-state index is 12.3. The number of nitrogens with one attached hydrogen (secondary N) is 1. The number of ether oxygens (including phenoxy) is 2. The Balaban J connectivity index is 1.48. The molecule has 23 heavy (non-hydrogen) atoms. The molecule has 2 heterocycles. The van der Waals surface area contributed by atoms with Crippen molar-refractivity contribution < 1.29 is 19.1 Å². The fraction of sp³-hybridized carbons (Fsp3) is 0.529. The number of carbonyl (C=O) groups excluding carboxylic acids is 2. The molecule has 3 rings (SSSR count). The number of aryl methyl sites for hydroxylation is 1. The van der Waals surface area contributed by atoms with E-state index in [4.69, 9.17) is 9.47 Å². The van der Waals surface area contributed by atoms with Gasteiger partial charge >= 0.3 is 0 Å². The zero-order valence-electron chi connectivity index (χ0n) is 13.3. The first-order valence-electron chi connectivity index (χ1n) is 7.99. The fourth-order valence-corrected chi connectivity index (χ4v) is 3.06. The molecule has 2 saturated heterocycles. The van der Waals surface area contributed by atoms with Gasteiger partial charge in [0.05, 0.1) is 13.2 Å². The van der Waals surface area contributed by atoms with Gasteiger partial charge in [-0.25, -0.2) is 0 Å². The third kappa shape index (κ3) is 3.89. The maximum Gasteiger partial charge on any atom is 0.233 e. The van der Waals surface area contributed by atoms with Gasteiger partial charge in [0.2, 0.25) is 11.8 Å². The quantitative estimate of drug-likeness (QED) is 0.861. The second-order valence-corrected chi connectivity index (χ2v) is 6.08. The fourth-order valence-electron chi connectivity index (χ4n) is 3.06. The number of carbonyl (C=O) groups is 2. The summed E-state index contributed by atoms with van der Waals surface area (Å²) in [5, 5.41) is 2.77. The lowest BCUT2D eigenvalue weighted by Gasteiger charge is -2.37. The molecule has 2 aliphatic heterocycles. The molecule has 0 aromatic heterocycles. The molecular weight excluding hydrogens is 296 g/mol. The molecule has 1 spiro atoms. The monoisotopic (exact) mass is 318 g/mol. The van der Waals surface area contributed by atoms with Crippen LogP contribution >= 0.6 is 0 Å². The first kappa shape index (κ1) is 16.0. The second-order valence-electron chi connectivity index (χ2n) is 6.08. The van der Waals surface area contributed by atoms with Crippen molar-refractivity contribution in [1.82, 2.24) is 4.90 Å². The summed E-state index contributed by atoms with van der Waals surface area (Å²) in [5.74, 6) is -0.932. The minimum atomic E-state index is -0.499. The van der Waals surface area contributed by atoms with E-state index in [0.29, 0.717) is 44.8 Å². The molecule has 1 aromatic carbocycles. The van der Waals surface area contributed by atoms with Crippen molar-refractivity contribution >= 4 is 17.5 Å². The highest BCUT2D eigenvalue weighted by molar-refractivity contribution is 6.03. The van der Waals surface area contributed by atoms with Crippen LogP contribution in [0.5, 0.6) is 0 Å². The van der Waals surface area contributed by atoms with E-state index in [1.807, 2.05) is 31.2 Å². The van der Waals surface area contributed by atoms with Crippen LogP contribution in [0, 0.1) is 6.92 Å². The molecule has 1 aromatic rings. The summed E-state index contributed by atoms with van der Waals surface area (Å²) in [5.41, 5.74) is 1.78. The van der Waals surface area contributed by atoms with E-state index in [2.05, 4.69) is 5.32 Å². The highest BCUT2D eigenvalue weighted by Crippen LogP contribution is 2.31. The first-order valence-corrected chi connectivity index (χ1v) is 7.99. The molecule has 0 aliphatic carbocycles. The minimum Gasteiger partial charge on any atom is -0.347 e. The Morgan fingerprint density at radius 3 is 2.57 bits per heavy atom. The Morgan fingerprint density at radius 1 is 1.22 bits per heavy atom. The van der Waals surface area contributed by atoms with Gasteiger partial charge in [0.15, 0.2) is 5.79 Å². The highest BCUT2D eigenvalue weighted by Gasteiger charge is 2.40. The Bertz CT molecular complexity index is 586. The standard InChI is InChI=1S/C17H22N2O4/c1-13-3-2-4-14(11-13)18-15(20)12-16(21)19-7-5-17(6-8-19)22-9-10-23-17/h2-4,11H,5-10,12H2,1H3,(H,18,20). The number of amides is 2. The maximum atomic E-state index is 12.3. The first-order chi connectivity index (χ1) is 11.1. The summed E-state index contributed by atoms with van der Waals surface area (Å²) in [6.07, 6.45) is 1.19. The molecule has 2 aliphatic rings. The number of hydrogen-bond donors (Lipinski definition) is 1. The molecule has 6 nitrogen and oxygen atoms in total. The molecule has 0 atom stereocenters. The van der Waals surface area contributed by atoms with E-state index < -0.39 is 5.79 Å². The van der Waals surface area contributed by atoms with E-state index in [1.54, 1.807) is 4.90 Å². The third-order valence-corrected chi connectivity index (χ3v) is 4.31. The predicted octanol–water partition coefficient (Wildman–Crippen LogP) is 1.69. The number of benzene rings is 1. The summed E-state index contributed by atoms with van der Waals surface area (Å²) in [7, 11) is 0. The summed E-state index contributed by atoms with van der Waals surface area (Å²) in [4.78, 5) is 26.0. The van der Waals surface area contributed by atoms with Crippen molar-refractivity contribution in [2.45, 2.75) is 32.0 Å². The molecular formula is C17H22N2O4. The SMILES string of the molecule is Cc1cccc(NC(=O)CC(=O)N2CCC3(CC2)OCCO3)c1. The van der Waals surface area contributed by atoms with Crippen LogP contribution in [0.3, 0.4) is 0 Å². The zero-order valence-corrected chi connectivity index (χ0v) is 13.3. The number of rotatable bonds is 3. The normalized spacial score (nSPS) is 19.8. The number of nitrogens with zero attached hydrogens (tertiary/aromatic N) is 1. The van der Waals surface area contributed by atoms with E-state index >= 15 is 0 Å². The van der Waals surface area contributed by atoms with E-state index in [1.165, 1.54) is 0 Å². The predicted molar refractivity (Wildman–Crippen MR) is 84.9 cm³/mol. The molecule has 0 saturated carbocycles. The van der Waals surface area contributed by atoms with E-state index in [9.17, 15) is 9.59 Å². The summed E-state index contributed by atoms with van der Waals surface area (Å²) in [6, 6.07) is 7.52. The number of anilines is 1. The minimum absolute atomic E-state index is 0.136. The van der Waals surface area contributed by atoms with Crippen molar-refractivity contribution in [3.8, 4) is 0 Å². The summed E-state index contributed by atoms with van der Waals surface area (Å²) < 4.78 is 11.3. The lowest BCUT2D eigenvalue weighted by atomic mass is 10.0. The Labute approximate surface area is 135 Å². The largest absolute Gasteiger partial charge is 0.347 e. The van der Waals surface area contributed by atoms with Gasteiger partial charge in [-0.05, 0) is 24.6 Å². The number of piperidine rings is 1. The van der Waals surface area contributed by atoms with Crippen molar-refractivity contribution in [3.05, 3.63) is 29.8 Å². The lowest BCUT2D eigenvalue weighted by molar-refractivity contribution is -0.187. The molecule has 2 fully saturated rings. The highest BCUT2D eigenvalue weighted by atomic mass is 16.7. The van der Waals surface area contributed by atoms with Gasteiger partial charge in [0.1, 0.15) is 6.42 Å². The molecule has 0 radical (unpaired) electrons. The molecule has 2 amide bonds. The molecule has 0 unspecified atom stereocenters. The van der Waals surface area contributed by atoms with Crippen LogP contribution in [0.15, 0.2) is 24.3 Å². The summed E-state index contributed by atoms with van der Waals surface area (Å²) >= 11 is 0. The smallest absolute Gasteiger partial charge is 0.233 e. The second kappa shape index (κ2) is 6.68. The van der Waals surface area contributed by atoms with Gasteiger partial charge in [-0.1, -0.05) is 12.1 Å². The van der Waals surface area contributed by atoms with Crippen LogP contribution in [0.4, 0.5) is 5.69 Å². The van der Waals surface area contributed by atoms with Gasteiger partial charge in [0.25, 0.3) is 0 Å². The topological polar surface area (TPSA) is 67.9 Å². The van der Waals surface area contributed by atoms with E-state index in [0.717, 1.165) is 5.56 Å². The number of hydrogen-bond acceptors (Lipinski definition) is 4. The molecule has 6 heteroatoms. The van der Waals surface area contributed by atoms with Crippen LogP contribution in [0.1, 0.15) is 24.8 Å². The Morgan fingerprint density at radius 2 is 1.91 bits per heavy atom. The average Bonchev–Trinajstić information content (AvgIpc) is 2.96. The van der Waals surface area contributed by atoms with Crippen molar-refractivity contribution in [2.75, 3.05) is 31.6 Å². The van der Waals surface area contributed by atoms with Crippen LogP contribution in [-0.2, 0) is 19.1 Å². The third-order valence-electron chi connectivity index (χ3n) is 4.31. The Hall–Kier alpha value is -1.92. The van der Waals surface area contributed by atoms with Crippen molar-refractivity contribution in [2.24, 2.45) is 0 Å². The lowest BCUT2D eigenvalue weighted by Crippen LogP contribution is -2.47. The average molecular weight is 318 g/mol. The van der Waals surface area contributed by atoms with Gasteiger partial charge in [0, 0.05) is 31.6 Å².